The number of carbonyl (C=O) groups excluding carboxylic acids is 2. The Balaban J connectivity index is 1.41. The lowest BCUT2D eigenvalue weighted by Crippen LogP contribution is -2.50. The second-order valence-electron chi connectivity index (χ2n) is 9.35. The largest absolute Gasteiger partial charge is 0.359 e. The van der Waals surface area contributed by atoms with Crippen LogP contribution in [-0.2, 0) is 9.59 Å². The molecule has 0 spiro atoms. The molecule has 36 heavy (non-hydrogen) atoms. The number of aryl methyl sites for hydroxylation is 1. The van der Waals surface area contributed by atoms with Crippen molar-refractivity contribution in [2.75, 3.05) is 42.9 Å². The van der Waals surface area contributed by atoms with E-state index in [1.54, 1.807) is 12.3 Å². The van der Waals surface area contributed by atoms with E-state index in [9.17, 15) is 9.59 Å². The Labute approximate surface area is 213 Å². The van der Waals surface area contributed by atoms with Gasteiger partial charge in [0.2, 0.25) is 11.8 Å². The van der Waals surface area contributed by atoms with Gasteiger partial charge in [-0.2, -0.15) is 0 Å². The summed E-state index contributed by atoms with van der Waals surface area (Å²) in [6.07, 6.45) is 1.72. The molecule has 4 rings (SSSR count). The van der Waals surface area contributed by atoms with Crippen LogP contribution in [-0.4, -0.2) is 54.4 Å². The first-order chi connectivity index (χ1) is 17.4. The van der Waals surface area contributed by atoms with Crippen molar-refractivity contribution in [1.82, 2.24) is 15.2 Å². The van der Waals surface area contributed by atoms with Gasteiger partial charge in [0.25, 0.3) is 0 Å². The molecule has 0 aliphatic carbocycles. The summed E-state index contributed by atoms with van der Waals surface area (Å²) >= 11 is 0. The number of nitrogens with one attached hydrogen (secondary N) is 2. The minimum atomic E-state index is -0.514. The Hall–Kier alpha value is -3.71. The third-order valence-corrected chi connectivity index (χ3v) is 6.73. The molecule has 2 N–H and O–H groups in total. The fraction of sp³-hybridized carbons (Fsp3) is 0.345. The van der Waals surface area contributed by atoms with Gasteiger partial charge in [0.1, 0.15) is 11.9 Å². The highest BCUT2D eigenvalue weighted by molar-refractivity contribution is 5.95. The van der Waals surface area contributed by atoms with Crippen molar-refractivity contribution in [1.29, 1.82) is 0 Å². The number of rotatable bonds is 9. The molecule has 1 aliphatic heterocycles. The van der Waals surface area contributed by atoms with E-state index in [1.165, 1.54) is 11.1 Å². The molecule has 1 fully saturated rings. The molecule has 2 atom stereocenters. The number of likely N-dealkylation sites (N-methyl/N-ethyl adjacent to an activating group) is 1. The molecule has 7 heteroatoms. The molecule has 0 saturated carbocycles. The van der Waals surface area contributed by atoms with Crippen LogP contribution in [0.1, 0.15) is 42.5 Å². The van der Waals surface area contributed by atoms with E-state index in [0.29, 0.717) is 25.5 Å². The van der Waals surface area contributed by atoms with Crippen LogP contribution in [0.25, 0.3) is 0 Å². The SMILES string of the molecule is CCN1CCN(c2ccc(NC(=O)[C@@H](NC[C@@H](C)c3ccc(C)cc3)c3ccccc3)nc2)CC1=O. The molecule has 7 nitrogen and oxygen atoms in total. The number of carbonyl (C=O) groups is 2. The first-order valence-electron chi connectivity index (χ1n) is 12.6. The maximum atomic E-state index is 13.3. The van der Waals surface area contributed by atoms with Crippen molar-refractivity contribution in [3.05, 3.63) is 89.6 Å². The summed E-state index contributed by atoms with van der Waals surface area (Å²) in [6.45, 7) is 9.44. The van der Waals surface area contributed by atoms with Crippen LogP contribution in [0.5, 0.6) is 0 Å². The second kappa shape index (κ2) is 11.8. The molecule has 188 valence electrons. The summed E-state index contributed by atoms with van der Waals surface area (Å²) in [6, 6.07) is 21.4. The lowest BCUT2D eigenvalue weighted by molar-refractivity contribution is -0.130. The van der Waals surface area contributed by atoms with Crippen LogP contribution in [0.4, 0.5) is 11.5 Å². The van der Waals surface area contributed by atoms with Gasteiger partial charge in [0.05, 0.1) is 18.4 Å². The zero-order valence-corrected chi connectivity index (χ0v) is 21.3. The minimum Gasteiger partial charge on any atom is -0.359 e. The van der Waals surface area contributed by atoms with Crippen LogP contribution in [0.3, 0.4) is 0 Å². The summed E-state index contributed by atoms with van der Waals surface area (Å²) in [4.78, 5) is 33.9. The Bertz CT molecular complexity index is 1150. The van der Waals surface area contributed by atoms with Gasteiger partial charge in [-0.25, -0.2) is 4.98 Å². The third kappa shape index (κ3) is 6.29. The maximum Gasteiger partial charge on any atom is 0.247 e. The summed E-state index contributed by atoms with van der Waals surface area (Å²) in [7, 11) is 0. The summed E-state index contributed by atoms with van der Waals surface area (Å²) < 4.78 is 0. The highest BCUT2D eigenvalue weighted by atomic mass is 16.2. The molecule has 2 heterocycles. The van der Waals surface area contributed by atoms with E-state index in [0.717, 1.165) is 24.3 Å². The predicted molar refractivity (Wildman–Crippen MR) is 144 cm³/mol. The molecular weight excluding hydrogens is 450 g/mol. The molecule has 2 aromatic carbocycles. The standard InChI is InChI=1S/C29H35N5O2/c1-4-33-16-17-34(20-27(33)35)25-14-15-26(30-19-25)32-29(36)28(24-8-6-5-7-9-24)31-18-22(3)23-12-10-21(2)11-13-23/h5-15,19,22,28,31H,4,16-18,20H2,1-3H3,(H,30,32,36)/t22-,28+/m1/s1. The van der Waals surface area contributed by atoms with Crippen LogP contribution in [0.15, 0.2) is 72.9 Å². The normalized spacial score (nSPS) is 15.5. The van der Waals surface area contributed by atoms with Crippen LogP contribution < -0.4 is 15.5 Å². The average molecular weight is 486 g/mol. The molecule has 2 amide bonds. The van der Waals surface area contributed by atoms with Gasteiger partial charge in [-0.3, -0.25) is 9.59 Å². The first-order valence-corrected chi connectivity index (χ1v) is 12.6. The Morgan fingerprint density at radius 1 is 1.00 bits per heavy atom. The quantitative estimate of drug-likeness (QED) is 0.477. The number of anilines is 2. The number of pyridine rings is 1. The zero-order chi connectivity index (χ0) is 25.5. The highest BCUT2D eigenvalue weighted by Gasteiger charge is 2.24. The third-order valence-electron chi connectivity index (χ3n) is 6.73. The first kappa shape index (κ1) is 25.4. The monoisotopic (exact) mass is 485 g/mol. The molecular formula is C29H35N5O2. The van der Waals surface area contributed by atoms with E-state index < -0.39 is 6.04 Å². The zero-order valence-electron chi connectivity index (χ0n) is 21.3. The van der Waals surface area contributed by atoms with Crippen molar-refractivity contribution in [3.63, 3.8) is 0 Å². The van der Waals surface area contributed by atoms with Crippen molar-refractivity contribution in [2.45, 2.75) is 32.7 Å². The molecule has 0 bridgehead atoms. The van der Waals surface area contributed by atoms with Crippen LogP contribution >= 0.6 is 0 Å². The van der Waals surface area contributed by atoms with E-state index in [-0.39, 0.29) is 17.7 Å². The van der Waals surface area contributed by atoms with E-state index in [1.807, 2.05) is 53.1 Å². The summed E-state index contributed by atoms with van der Waals surface area (Å²) in [5, 5.41) is 6.42. The van der Waals surface area contributed by atoms with Gasteiger partial charge in [-0.05, 0) is 43.0 Å². The topological polar surface area (TPSA) is 77.6 Å². The van der Waals surface area contributed by atoms with Crippen molar-refractivity contribution in [3.8, 4) is 0 Å². The fourth-order valence-electron chi connectivity index (χ4n) is 4.42. The number of amides is 2. The minimum absolute atomic E-state index is 0.123. The number of piperazine rings is 1. The Morgan fingerprint density at radius 3 is 2.39 bits per heavy atom. The molecule has 1 aliphatic rings. The maximum absolute atomic E-state index is 13.3. The summed E-state index contributed by atoms with van der Waals surface area (Å²) in [5.41, 5.74) is 4.24. The highest BCUT2D eigenvalue weighted by Crippen LogP contribution is 2.21. The van der Waals surface area contributed by atoms with Crippen LogP contribution in [0.2, 0.25) is 0 Å². The summed E-state index contributed by atoms with van der Waals surface area (Å²) in [5.74, 6) is 0.691. The lowest BCUT2D eigenvalue weighted by Gasteiger charge is -2.34. The number of hydrogen-bond donors (Lipinski definition) is 2. The number of nitrogens with zero attached hydrogens (tertiary/aromatic N) is 3. The second-order valence-corrected chi connectivity index (χ2v) is 9.35. The molecule has 3 aromatic rings. The van der Waals surface area contributed by atoms with E-state index >= 15 is 0 Å². The smallest absolute Gasteiger partial charge is 0.247 e. The number of hydrogen-bond acceptors (Lipinski definition) is 5. The van der Waals surface area contributed by atoms with Gasteiger partial charge in [0.15, 0.2) is 0 Å². The van der Waals surface area contributed by atoms with E-state index in [4.69, 9.17) is 0 Å². The Morgan fingerprint density at radius 2 is 1.75 bits per heavy atom. The van der Waals surface area contributed by atoms with Crippen molar-refractivity contribution in [2.24, 2.45) is 0 Å². The molecule has 0 unspecified atom stereocenters. The van der Waals surface area contributed by atoms with Gasteiger partial charge in [-0.15, -0.1) is 0 Å². The molecule has 1 aromatic heterocycles. The number of aromatic nitrogens is 1. The lowest BCUT2D eigenvalue weighted by atomic mass is 9.98. The van der Waals surface area contributed by atoms with Gasteiger partial charge in [-0.1, -0.05) is 67.1 Å². The molecule has 0 radical (unpaired) electrons. The average Bonchev–Trinajstić information content (AvgIpc) is 2.90. The van der Waals surface area contributed by atoms with Crippen LogP contribution in [0, 0.1) is 6.92 Å². The molecule has 1 saturated heterocycles. The fourth-order valence-corrected chi connectivity index (χ4v) is 4.42. The number of benzene rings is 2. The van der Waals surface area contributed by atoms with Gasteiger partial charge < -0.3 is 20.4 Å². The van der Waals surface area contributed by atoms with Gasteiger partial charge in [0, 0.05) is 26.2 Å². The predicted octanol–water partition coefficient (Wildman–Crippen LogP) is 4.13. The van der Waals surface area contributed by atoms with E-state index in [2.05, 4.69) is 53.7 Å². The Kier molecular flexibility index (Phi) is 8.33. The van der Waals surface area contributed by atoms with Crippen molar-refractivity contribution < 1.29 is 9.59 Å². The van der Waals surface area contributed by atoms with Gasteiger partial charge >= 0.3 is 0 Å². The van der Waals surface area contributed by atoms with Crippen molar-refractivity contribution >= 4 is 23.3 Å².